The standard InChI is InChI=1S/C17H22N6S/c1-13-6-19-23(8-13)11-16-4-3-5-22(16)10-15-12-24-17(20-15)14-7-18-21(2)9-14/h6-9,12,16H,3-5,10-11H2,1-2H3/t16-/m0/s1. The van der Waals surface area contributed by atoms with Gasteiger partial charge in [0.25, 0.3) is 0 Å². The van der Waals surface area contributed by atoms with Crippen LogP contribution in [0.2, 0.25) is 0 Å². The molecule has 3 aromatic rings. The van der Waals surface area contributed by atoms with E-state index in [2.05, 4.69) is 38.3 Å². The first-order valence-corrected chi connectivity index (χ1v) is 9.22. The first-order chi connectivity index (χ1) is 11.7. The van der Waals surface area contributed by atoms with Gasteiger partial charge in [-0.25, -0.2) is 4.98 Å². The Balaban J connectivity index is 1.43. The summed E-state index contributed by atoms with van der Waals surface area (Å²) in [5.74, 6) is 0. The Labute approximate surface area is 145 Å². The molecule has 6 nitrogen and oxygen atoms in total. The van der Waals surface area contributed by atoms with E-state index >= 15 is 0 Å². The number of aromatic nitrogens is 5. The van der Waals surface area contributed by atoms with E-state index in [1.54, 1.807) is 11.3 Å². The van der Waals surface area contributed by atoms with Crippen LogP contribution in [0.25, 0.3) is 10.6 Å². The van der Waals surface area contributed by atoms with Crippen molar-refractivity contribution in [3.63, 3.8) is 0 Å². The van der Waals surface area contributed by atoms with Crippen LogP contribution in [-0.2, 0) is 20.1 Å². The van der Waals surface area contributed by atoms with Gasteiger partial charge < -0.3 is 0 Å². The molecule has 7 heteroatoms. The lowest BCUT2D eigenvalue weighted by Crippen LogP contribution is -2.32. The van der Waals surface area contributed by atoms with E-state index in [9.17, 15) is 0 Å². The van der Waals surface area contributed by atoms with Crippen molar-refractivity contribution in [3.8, 4) is 10.6 Å². The third-order valence-electron chi connectivity index (χ3n) is 4.53. The van der Waals surface area contributed by atoms with Gasteiger partial charge in [-0.3, -0.25) is 14.3 Å². The predicted octanol–water partition coefficient (Wildman–Crippen LogP) is 2.71. The molecule has 1 atom stereocenters. The van der Waals surface area contributed by atoms with Crippen LogP contribution in [0.15, 0.2) is 30.2 Å². The summed E-state index contributed by atoms with van der Waals surface area (Å²) in [5, 5.41) is 11.9. The van der Waals surface area contributed by atoms with Crippen molar-refractivity contribution < 1.29 is 0 Å². The molecular formula is C17H22N6S. The molecule has 0 aromatic carbocycles. The Kier molecular flexibility index (Phi) is 4.20. The van der Waals surface area contributed by atoms with E-state index in [-0.39, 0.29) is 0 Å². The van der Waals surface area contributed by atoms with Crippen LogP contribution in [0.5, 0.6) is 0 Å². The quantitative estimate of drug-likeness (QED) is 0.715. The van der Waals surface area contributed by atoms with Crippen LogP contribution in [0, 0.1) is 6.92 Å². The molecule has 3 aromatic heterocycles. The second-order valence-corrected chi connectivity index (χ2v) is 7.41. The van der Waals surface area contributed by atoms with Gasteiger partial charge >= 0.3 is 0 Å². The highest BCUT2D eigenvalue weighted by molar-refractivity contribution is 7.13. The maximum atomic E-state index is 4.80. The van der Waals surface area contributed by atoms with Gasteiger partial charge in [-0.1, -0.05) is 0 Å². The number of hydrogen-bond acceptors (Lipinski definition) is 5. The third kappa shape index (κ3) is 3.27. The number of aryl methyl sites for hydroxylation is 2. The van der Waals surface area contributed by atoms with Crippen LogP contribution in [0.1, 0.15) is 24.1 Å². The molecule has 0 saturated carbocycles. The van der Waals surface area contributed by atoms with Crippen molar-refractivity contribution in [1.82, 2.24) is 29.4 Å². The van der Waals surface area contributed by atoms with E-state index in [4.69, 9.17) is 4.98 Å². The first kappa shape index (κ1) is 15.5. The van der Waals surface area contributed by atoms with Gasteiger partial charge in [0.05, 0.1) is 24.6 Å². The molecular weight excluding hydrogens is 320 g/mol. The van der Waals surface area contributed by atoms with E-state index in [1.807, 2.05) is 30.3 Å². The maximum absolute atomic E-state index is 4.80. The fourth-order valence-corrected chi connectivity index (χ4v) is 4.13. The average molecular weight is 342 g/mol. The summed E-state index contributed by atoms with van der Waals surface area (Å²) in [6.45, 7) is 5.12. The van der Waals surface area contributed by atoms with Gasteiger partial charge in [-0.15, -0.1) is 11.3 Å². The smallest absolute Gasteiger partial charge is 0.126 e. The molecule has 4 rings (SSSR count). The number of likely N-dealkylation sites (tertiary alicyclic amines) is 1. The highest BCUT2D eigenvalue weighted by Crippen LogP contribution is 2.26. The molecule has 0 radical (unpaired) electrons. The molecule has 0 bridgehead atoms. The molecule has 1 fully saturated rings. The third-order valence-corrected chi connectivity index (χ3v) is 5.47. The molecule has 1 aliphatic heterocycles. The molecule has 126 valence electrons. The Morgan fingerprint density at radius 3 is 2.92 bits per heavy atom. The SMILES string of the molecule is Cc1cnn(C[C@@H]2CCCN2Cc2csc(-c3cnn(C)c3)n2)c1. The van der Waals surface area contributed by atoms with Crippen LogP contribution in [-0.4, -0.2) is 42.0 Å². The Morgan fingerprint density at radius 1 is 1.25 bits per heavy atom. The van der Waals surface area contributed by atoms with Gasteiger partial charge in [-0.05, 0) is 31.9 Å². The molecule has 0 spiro atoms. The van der Waals surface area contributed by atoms with Gasteiger partial charge in [0.1, 0.15) is 5.01 Å². The highest BCUT2D eigenvalue weighted by atomic mass is 32.1. The van der Waals surface area contributed by atoms with Crippen LogP contribution >= 0.6 is 11.3 Å². The fourth-order valence-electron chi connectivity index (χ4n) is 3.34. The van der Waals surface area contributed by atoms with Crippen molar-refractivity contribution >= 4 is 11.3 Å². The monoisotopic (exact) mass is 342 g/mol. The van der Waals surface area contributed by atoms with Crippen molar-refractivity contribution in [1.29, 1.82) is 0 Å². The van der Waals surface area contributed by atoms with Crippen LogP contribution in [0.3, 0.4) is 0 Å². The van der Waals surface area contributed by atoms with Gasteiger partial charge in [-0.2, -0.15) is 10.2 Å². The maximum Gasteiger partial charge on any atom is 0.126 e. The molecule has 1 saturated heterocycles. The molecule has 4 heterocycles. The van der Waals surface area contributed by atoms with Crippen molar-refractivity contribution in [2.45, 2.75) is 38.9 Å². The lowest BCUT2D eigenvalue weighted by Gasteiger charge is -2.23. The molecule has 0 amide bonds. The summed E-state index contributed by atoms with van der Waals surface area (Å²) in [5.41, 5.74) is 3.47. The number of nitrogens with zero attached hydrogens (tertiary/aromatic N) is 6. The fraction of sp³-hybridized carbons (Fsp3) is 0.471. The normalized spacial score (nSPS) is 18.5. The Hall–Kier alpha value is -1.99. The van der Waals surface area contributed by atoms with E-state index in [0.717, 1.165) is 35.9 Å². The van der Waals surface area contributed by atoms with Gasteiger partial charge in [0.15, 0.2) is 0 Å². The van der Waals surface area contributed by atoms with E-state index in [0.29, 0.717) is 6.04 Å². The second-order valence-electron chi connectivity index (χ2n) is 6.55. The Bertz CT molecular complexity index is 817. The van der Waals surface area contributed by atoms with E-state index < -0.39 is 0 Å². The summed E-state index contributed by atoms with van der Waals surface area (Å²) >= 11 is 1.70. The zero-order valence-electron chi connectivity index (χ0n) is 14.1. The minimum Gasteiger partial charge on any atom is -0.293 e. The molecule has 0 aliphatic carbocycles. The van der Waals surface area contributed by atoms with Crippen LogP contribution in [0.4, 0.5) is 0 Å². The summed E-state index contributed by atoms with van der Waals surface area (Å²) in [7, 11) is 1.93. The Morgan fingerprint density at radius 2 is 2.17 bits per heavy atom. The number of hydrogen-bond donors (Lipinski definition) is 0. The van der Waals surface area contributed by atoms with Gasteiger partial charge in [0.2, 0.25) is 0 Å². The summed E-state index contributed by atoms with van der Waals surface area (Å²) in [6.07, 6.45) is 10.4. The van der Waals surface area contributed by atoms with Crippen molar-refractivity contribution in [2.24, 2.45) is 7.05 Å². The van der Waals surface area contributed by atoms with E-state index in [1.165, 1.54) is 18.4 Å². The molecule has 0 N–H and O–H groups in total. The number of thiazole rings is 1. The predicted molar refractivity (Wildman–Crippen MR) is 94.7 cm³/mol. The first-order valence-electron chi connectivity index (χ1n) is 8.34. The highest BCUT2D eigenvalue weighted by Gasteiger charge is 2.25. The molecule has 1 aliphatic rings. The summed E-state index contributed by atoms with van der Waals surface area (Å²) in [6, 6.07) is 0.549. The van der Waals surface area contributed by atoms with Crippen molar-refractivity contribution in [2.75, 3.05) is 6.54 Å². The second kappa shape index (κ2) is 6.49. The van der Waals surface area contributed by atoms with Gasteiger partial charge in [0, 0.05) is 43.0 Å². The largest absolute Gasteiger partial charge is 0.293 e. The number of rotatable bonds is 5. The van der Waals surface area contributed by atoms with Crippen LogP contribution < -0.4 is 0 Å². The summed E-state index contributed by atoms with van der Waals surface area (Å²) in [4.78, 5) is 7.34. The zero-order chi connectivity index (χ0) is 16.5. The molecule has 24 heavy (non-hydrogen) atoms. The lowest BCUT2D eigenvalue weighted by atomic mass is 10.2. The minimum atomic E-state index is 0.549. The zero-order valence-corrected chi connectivity index (χ0v) is 14.9. The van der Waals surface area contributed by atoms with Crippen molar-refractivity contribution in [3.05, 3.63) is 41.4 Å². The topological polar surface area (TPSA) is 51.8 Å². The summed E-state index contributed by atoms with van der Waals surface area (Å²) < 4.78 is 3.89. The molecule has 0 unspecified atom stereocenters. The lowest BCUT2D eigenvalue weighted by molar-refractivity contribution is 0.217. The average Bonchev–Trinajstić information content (AvgIpc) is 3.31. The minimum absolute atomic E-state index is 0.549.